The zero-order valence-corrected chi connectivity index (χ0v) is 10.2. The molecule has 6 nitrogen and oxygen atoms in total. The van der Waals surface area contributed by atoms with E-state index in [0.717, 1.165) is 0 Å². The first-order valence-electron chi connectivity index (χ1n) is 5.36. The van der Waals surface area contributed by atoms with Gasteiger partial charge in [0.25, 0.3) is 0 Å². The highest BCUT2D eigenvalue weighted by Gasteiger charge is 2.15. The molecular formula is C12H13N5O. The lowest BCUT2D eigenvalue weighted by Crippen LogP contribution is -2.18. The Balaban J connectivity index is 2.42. The number of ketones is 1. The molecule has 0 atom stereocenters. The Labute approximate surface area is 105 Å². The lowest BCUT2D eigenvalue weighted by molar-refractivity contribution is 0.102. The van der Waals surface area contributed by atoms with Crippen LogP contribution in [-0.4, -0.2) is 34.8 Å². The Hall–Kier alpha value is -2.50. The van der Waals surface area contributed by atoms with Crippen molar-refractivity contribution < 1.29 is 4.79 Å². The molecule has 1 aromatic carbocycles. The summed E-state index contributed by atoms with van der Waals surface area (Å²) < 4.78 is 0. The second kappa shape index (κ2) is 4.79. The molecule has 0 aliphatic heterocycles. The number of nitrogen functional groups attached to an aromatic ring is 1. The lowest BCUT2D eigenvalue weighted by atomic mass is 10.1. The van der Waals surface area contributed by atoms with Crippen LogP contribution in [0.15, 0.2) is 30.3 Å². The van der Waals surface area contributed by atoms with Crippen LogP contribution in [-0.2, 0) is 0 Å². The summed E-state index contributed by atoms with van der Waals surface area (Å²) in [6.07, 6.45) is 0. The van der Waals surface area contributed by atoms with E-state index in [1.807, 2.05) is 6.07 Å². The molecule has 2 aromatic rings. The minimum Gasteiger partial charge on any atom is -0.368 e. The van der Waals surface area contributed by atoms with Gasteiger partial charge in [-0.25, -0.2) is 0 Å². The van der Waals surface area contributed by atoms with Crippen LogP contribution in [0.1, 0.15) is 16.2 Å². The average molecular weight is 243 g/mol. The first-order chi connectivity index (χ1) is 8.58. The Bertz CT molecular complexity index is 568. The third-order valence-corrected chi connectivity index (χ3v) is 2.28. The molecule has 2 rings (SSSR count). The van der Waals surface area contributed by atoms with Crippen LogP contribution in [0.25, 0.3) is 0 Å². The predicted molar refractivity (Wildman–Crippen MR) is 68.4 cm³/mol. The van der Waals surface area contributed by atoms with Crippen molar-refractivity contribution in [1.29, 1.82) is 0 Å². The predicted octanol–water partition coefficient (Wildman–Crippen LogP) is 0.751. The standard InChI is InChI=1S/C12H13N5O/c1-17(2)12-15-10(14-11(13)16-12)9(18)8-6-4-3-5-7-8/h3-7H,1-2H3,(H2,13,14,15,16). The zero-order chi connectivity index (χ0) is 13.1. The van der Waals surface area contributed by atoms with Crippen molar-refractivity contribution in [2.24, 2.45) is 0 Å². The lowest BCUT2D eigenvalue weighted by Gasteiger charge is -2.10. The number of hydrogen-bond donors (Lipinski definition) is 1. The number of hydrogen-bond acceptors (Lipinski definition) is 6. The molecule has 0 spiro atoms. The van der Waals surface area contributed by atoms with Crippen molar-refractivity contribution >= 4 is 17.7 Å². The molecule has 1 aromatic heterocycles. The van der Waals surface area contributed by atoms with Crippen LogP contribution >= 0.6 is 0 Å². The van der Waals surface area contributed by atoms with Gasteiger partial charge in [0.2, 0.25) is 23.5 Å². The van der Waals surface area contributed by atoms with Crippen molar-refractivity contribution in [3.63, 3.8) is 0 Å². The molecule has 92 valence electrons. The molecule has 0 unspecified atom stereocenters. The van der Waals surface area contributed by atoms with Gasteiger partial charge in [-0.1, -0.05) is 30.3 Å². The maximum atomic E-state index is 12.1. The number of carbonyl (C=O) groups excluding carboxylic acids is 1. The molecule has 0 fully saturated rings. The summed E-state index contributed by atoms with van der Waals surface area (Å²) in [5.74, 6) is 0.181. The first-order valence-corrected chi connectivity index (χ1v) is 5.36. The van der Waals surface area contributed by atoms with E-state index >= 15 is 0 Å². The summed E-state index contributed by atoms with van der Waals surface area (Å²) in [5, 5.41) is 0. The van der Waals surface area contributed by atoms with E-state index in [2.05, 4.69) is 15.0 Å². The van der Waals surface area contributed by atoms with Gasteiger partial charge in [-0.2, -0.15) is 15.0 Å². The Morgan fingerprint density at radius 2 is 1.78 bits per heavy atom. The maximum Gasteiger partial charge on any atom is 0.230 e. The van der Waals surface area contributed by atoms with Gasteiger partial charge in [0.1, 0.15) is 0 Å². The van der Waals surface area contributed by atoms with E-state index in [9.17, 15) is 4.79 Å². The molecule has 2 N–H and O–H groups in total. The van der Waals surface area contributed by atoms with Crippen molar-refractivity contribution in [2.75, 3.05) is 24.7 Å². The molecule has 18 heavy (non-hydrogen) atoms. The Morgan fingerprint density at radius 3 is 2.39 bits per heavy atom. The number of rotatable bonds is 3. The fourth-order valence-electron chi connectivity index (χ4n) is 1.40. The topological polar surface area (TPSA) is 85.0 Å². The fraction of sp³-hybridized carbons (Fsp3) is 0.167. The highest BCUT2D eigenvalue weighted by atomic mass is 16.1. The van der Waals surface area contributed by atoms with Crippen LogP contribution < -0.4 is 10.6 Å². The van der Waals surface area contributed by atoms with Crippen molar-refractivity contribution in [3.8, 4) is 0 Å². The quantitative estimate of drug-likeness (QED) is 0.801. The molecule has 0 bridgehead atoms. The van der Waals surface area contributed by atoms with E-state index in [1.165, 1.54) is 0 Å². The van der Waals surface area contributed by atoms with Gasteiger partial charge in [-0.3, -0.25) is 4.79 Å². The largest absolute Gasteiger partial charge is 0.368 e. The molecule has 0 aliphatic rings. The summed E-state index contributed by atoms with van der Waals surface area (Å²) in [6.45, 7) is 0. The second-order valence-corrected chi connectivity index (χ2v) is 3.91. The van der Waals surface area contributed by atoms with E-state index in [0.29, 0.717) is 11.5 Å². The molecule has 0 saturated heterocycles. The highest BCUT2D eigenvalue weighted by Crippen LogP contribution is 2.10. The van der Waals surface area contributed by atoms with Gasteiger partial charge in [0.15, 0.2) is 0 Å². The zero-order valence-electron chi connectivity index (χ0n) is 10.2. The van der Waals surface area contributed by atoms with Crippen molar-refractivity contribution in [1.82, 2.24) is 15.0 Å². The molecule has 0 aliphatic carbocycles. The number of anilines is 2. The summed E-state index contributed by atoms with van der Waals surface area (Å²) in [7, 11) is 3.54. The third-order valence-electron chi connectivity index (χ3n) is 2.28. The van der Waals surface area contributed by atoms with Crippen molar-refractivity contribution in [3.05, 3.63) is 41.7 Å². The monoisotopic (exact) mass is 243 g/mol. The average Bonchev–Trinajstić information content (AvgIpc) is 2.38. The molecule has 1 heterocycles. The second-order valence-electron chi connectivity index (χ2n) is 3.91. The maximum absolute atomic E-state index is 12.1. The van der Waals surface area contributed by atoms with Crippen LogP contribution in [0.4, 0.5) is 11.9 Å². The van der Waals surface area contributed by atoms with Crippen LogP contribution in [0, 0.1) is 0 Å². The van der Waals surface area contributed by atoms with E-state index in [-0.39, 0.29) is 17.6 Å². The Morgan fingerprint density at radius 1 is 1.11 bits per heavy atom. The normalized spacial score (nSPS) is 10.1. The minimum absolute atomic E-state index is 0.0352. The summed E-state index contributed by atoms with van der Waals surface area (Å²) in [5.41, 5.74) is 6.09. The minimum atomic E-state index is -0.271. The Kier molecular flexibility index (Phi) is 3.18. The number of aromatic nitrogens is 3. The van der Waals surface area contributed by atoms with Gasteiger partial charge < -0.3 is 10.6 Å². The summed E-state index contributed by atoms with van der Waals surface area (Å²) in [4.78, 5) is 25.7. The van der Waals surface area contributed by atoms with Crippen molar-refractivity contribution in [2.45, 2.75) is 0 Å². The molecular weight excluding hydrogens is 230 g/mol. The first kappa shape index (κ1) is 12.0. The summed E-state index contributed by atoms with van der Waals surface area (Å²) >= 11 is 0. The fourth-order valence-corrected chi connectivity index (χ4v) is 1.40. The van der Waals surface area contributed by atoms with Crippen LogP contribution in [0.2, 0.25) is 0 Å². The highest BCUT2D eigenvalue weighted by molar-refractivity contribution is 6.06. The van der Waals surface area contributed by atoms with Gasteiger partial charge in [0.05, 0.1) is 0 Å². The summed E-state index contributed by atoms with van der Waals surface area (Å²) in [6, 6.07) is 8.81. The molecule has 6 heteroatoms. The molecule has 0 saturated carbocycles. The van der Waals surface area contributed by atoms with Gasteiger partial charge >= 0.3 is 0 Å². The number of nitrogens with two attached hydrogens (primary N) is 1. The van der Waals surface area contributed by atoms with Crippen LogP contribution in [0.5, 0.6) is 0 Å². The third kappa shape index (κ3) is 2.42. The van der Waals surface area contributed by atoms with Gasteiger partial charge in [-0.15, -0.1) is 0 Å². The smallest absolute Gasteiger partial charge is 0.230 e. The number of nitrogens with zero attached hydrogens (tertiary/aromatic N) is 4. The van der Waals surface area contributed by atoms with Crippen LogP contribution in [0.3, 0.4) is 0 Å². The molecule has 0 amide bonds. The van der Waals surface area contributed by atoms with Gasteiger partial charge in [-0.05, 0) is 0 Å². The van der Waals surface area contributed by atoms with E-state index < -0.39 is 0 Å². The van der Waals surface area contributed by atoms with E-state index in [1.54, 1.807) is 43.3 Å². The SMILES string of the molecule is CN(C)c1nc(N)nc(C(=O)c2ccccc2)n1. The molecule has 0 radical (unpaired) electrons. The number of benzene rings is 1. The number of carbonyl (C=O) groups is 1. The van der Waals surface area contributed by atoms with E-state index in [4.69, 9.17) is 5.73 Å². The van der Waals surface area contributed by atoms with Gasteiger partial charge in [0, 0.05) is 19.7 Å².